The van der Waals surface area contributed by atoms with Crippen molar-refractivity contribution in [1.82, 2.24) is 5.32 Å². The normalized spacial score (nSPS) is 15.2. The van der Waals surface area contributed by atoms with E-state index in [1.165, 1.54) is 18.2 Å². The van der Waals surface area contributed by atoms with Crippen LogP contribution in [0.25, 0.3) is 6.08 Å². The van der Waals surface area contributed by atoms with Crippen molar-refractivity contribution in [1.29, 1.82) is 0 Å². The minimum absolute atomic E-state index is 0.217. The number of imide groups is 2. The standard InChI is InChI=1S/C25H17Cl2FN2O3/c1-14-6-9-19(13-21(14)27)30-24(32)20(23(31)29-25(30)33)12-17-11-18(26)8-7-15(17)10-16-4-2-3-5-22(16)28/h2-9,11-13H,10H2,1H3,(H,29,31,33)/b20-12+. The maximum absolute atomic E-state index is 14.2. The lowest BCUT2D eigenvalue weighted by Crippen LogP contribution is -2.54. The van der Waals surface area contributed by atoms with Gasteiger partial charge >= 0.3 is 6.03 Å². The molecule has 4 rings (SSSR count). The van der Waals surface area contributed by atoms with Gasteiger partial charge in [-0.25, -0.2) is 14.1 Å². The van der Waals surface area contributed by atoms with Crippen molar-refractivity contribution < 1.29 is 18.8 Å². The van der Waals surface area contributed by atoms with E-state index in [1.807, 2.05) is 0 Å². The van der Waals surface area contributed by atoms with Gasteiger partial charge in [0.05, 0.1) is 5.69 Å². The average molecular weight is 483 g/mol. The fourth-order valence-electron chi connectivity index (χ4n) is 3.48. The van der Waals surface area contributed by atoms with Crippen LogP contribution < -0.4 is 10.2 Å². The number of carbonyl (C=O) groups is 3. The highest BCUT2D eigenvalue weighted by molar-refractivity contribution is 6.39. The number of nitrogens with zero attached hydrogens (tertiary/aromatic N) is 1. The Morgan fingerprint density at radius 2 is 1.73 bits per heavy atom. The van der Waals surface area contributed by atoms with Gasteiger partial charge in [-0.3, -0.25) is 14.9 Å². The zero-order valence-electron chi connectivity index (χ0n) is 17.4. The molecule has 33 heavy (non-hydrogen) atoms. The summed E-state index contributed by atoms with van der Waals surface area (Å²) in [6, 6.07) is 15.1. The summed E-state index contributed by atoms with van der Waals surface area (Å²) in [7, 11) is 0. The number of benzene rings is 3. The smallest absolute Gasteiger partial charge is 0.273 e. The molecule has 1 heterocycles. The second-order valence-electron chi connectivity index (χ2n) is 7.50. The quantitative estimate of drug-likeness (QED) is 0.383. The van der Waals surface area contributed by atoms with Crippen LogP contribution in [-0.4, -0.2) is 17.8 Å². The van der Waals surface area contributed by atoms with Gasteiger partial charge in [0.1, 0.15) is 11.4 Å². The Balaban J connectivity index is 1.76. The number of barbiturate groups is 1. The number of halogens is 3. The zero-order valence-corrected chi connectivity index (χ0v) is 18.9. The molecule has 0 aromatic heterocycles. The van der Waals surface area contributed by atoms with Crippen molar-refractivity contribution >= 4 is 52.8 Å². The summed E-state index contributed by atoms with van der Waals surface area (Å²) >= 11 is 12.3. The number of aryl methyl sites for hydroxylation is 1. The Morgan fingerprint density at radius 3 is 2.45 bits per heavy atom. The van der Waals surface area contributed by atoms with Crippen LogP contribution in [0.4, 0.5) is 14.9 Å². The molecule has 1 N–H and O–H groups in total. The highest BCUT2D eigenvalue weighted by Crippen LogP contribution is 2.28. The van der Waals surface area contributed by atoms with Gasteiger partial charge in [-0.05, 0) is 65.6 Å². The zero-order chi connectivity index (χ0) is 23.7. The number of anilines is 1. The largest absolute Gasteiger partial charge is 0.335 e. The number of urea groups is 1. The molecule has 8 heteroatoms. The van der Waals surface area contributed by atoms with E-state index in [0.717, 1.165) is 10.5 Å². The average Bonchev–Trinajstić information content (AvgIpc) is 2.76. The van der Waals surface area contributed by atoms with E-state index in [1.54, 1.807) is 55.5 Å². The van der Waals surface area contributed by atoms with Crippen molar-refractivity contribution in [3.8, 4) is 0 Å². The van der Waals surface area contributed by atoms with Crippen molar-refractivity contribution in [2.45, 2.75) is 13.3 Å². The Morgan fingerprint density at radius 1 is 0.970 bits per heavy atom. The molecule has 0 radical (unpaired) electrons. The van der Waals surface area contributed by atoms with Gasteiger partial charge in [0.15, 0.2) is 0 Å². The van der Waals surface area contributed by atoms with Crippen LogP contribution in [0.5, 0.6) is 0 Å². The molecule has 3 aromatic rings. The fourth-order valence-corrected chi connectivity index (χ4v) is 3.83. The summed E-state index contributed by atoms with van der Waals surface area (Å²) < 4.78 is 14.2. The first-order valence-electron chi connectivity index (χ1n) is 9.94. The lowest BCUT2D eigenvalue weighted by molar-refractivity contribution is -0.122. The topological polar surface area (TPSA) is 66.5 Å². The van der Waals surface area contributed by atoms with E-state index >= 15 is 0 Å². The van der Waals surface area contributed by atoms with Crippen LogP contribution in [0.3, 0.4) is 0 Å². The summed E-state index contributed by atoms with van der Waals surface area (Å²) in [6.45, 7) is 1.79. The van der Waals surface area contributed by atoms with Gasteiger partial charge in [0.2, 0.25) is 0 Å². The molecule has 0 aliphatic carbocycles. The molecule has 0 atom stereocenters. The summed E-state index contributed by atoms with van der Waals surface area (Å²) in [5.41, 5.74) is 2.30. The van der Waals surface area contributed by atoms with Gasteiger partial charge in [-0.2, -0.15) is 0 Å². The molecule has 3 aromatic carbocycles. The number of amides is 4. The molecule has 5 nitrogen and oxygen atoms in total. The third-order valence-corrected chi connectivity index (χ3v) is 5.90. The van der Waals surface area contributed by atoms with Crippen LogP contribution in [0.2, 0.25) is 10.0 Å². The SMILES string of the molecule is Cc1ccc(N2C(=O)NC(=O)/C(=C\c3cc(Cl)ccc3Cc3ccccc3F)C2=O)cc1Cl. The first-order chi connectivity index (χ1) is 15.7. The molecular weight excluding hydrogens is 466 g/mol. The number of carbonyl (C=O) groups excluding carboxylic acids is 3. The molecule has 1 aliphatic rings. The number of hydrogen-bond acceptors (Lipinski definition) is 3. The third-order valence-electron chi connectivity index (χ3n) is 5.26. The minimum atomic E-state index is -0.875. The van der Waals surface area contributed by atoms with Gasteiger partial charge in [-0.1, -0.05) is 53.5 Å². The van der Waals surface area contributed by atoms with E-state index in [0.29, 0.717) is 26.7 Å². The summed E-state index contributed by atoms with van der Waals surface area (Å²) in [6.07, 6.45) is 1.57. The molecule has 0 spiro atoms. The first kappa shape index (κ1) is 22.7. The molecular formula is C25H17Cl2FN2O3. The second-order valence-corrected chi connectivity index (χ2v) is 8.35. The molecule has 0 bridgehead atoms. The Kier molecular flexibility index (Phi) is 6.31. The molecule has 1 saturated heterocycles. The molecule has 0 unspecified atom stereocenters. The van der Waals surface area contributed by atoms with E-state index in [9.17, 15) is 18.8 Å². The van der Waals surface area contributed by atoms with Gasteiger partial charge in [0.25, 0.3) is 11.8 Å². The lowest BCUT2D eigenvalue weighted by Gasteiger charge is -2.26. The second kappa shape index (κ2) is 9.17. The molecule has 0 saturated carbocycles. The van der Waals surface area contributed by atoms with Crippen LogP contribution in [0.1, 0.15) is 22.3 Å². The first-order valence-corrected chi connectivity index (χ1v) is 10.7. The van der Waals surface area contributed by atoms with Crippen molar-refractivity contribution in [3.63, 3.8) is 0 Å². The van der Waals surface area contributed by atoms with Crippen molar-refractivity contribution in [2.24, 2.45) is 0 Å². The minimum Gasteiger partial charge on any atom is -0.273 e. The monoisotopic (exact) mass is 482 g/mol. The third kappa shape index (κ3) is 4.67. The Labute approximate surface area is 199 Å². The Bertz CT molecular complexity index is 1340. The maximum atomic E-state index is 14.2. The van der Waals surface area contributed by atoms with Gasteiger partial charge in [0, 0.05) is 16.5 Å². The maximum Gasteiger partial charge on any atom is 0.335 e. The molecule has 4 amide bonds. The van der Waals surface area contributed by atoms with Crippen LogP contribution in [0, 0.1) is 12.7 Å². The van der Waals surface area contributed by atoms with Crippen molar-refractivity contribution in [3.05, 3.63) is 104 Å². The number of nitrogens with one attached hydrogen (secondary N) is 1. The highest BCUT2D eigenvalue weighted by Gasteiger charge is 2.37. The lowest BCUT2D eigenvalue weighted by atomic mass is 9.97. The molecule has 1 aliphatic heterocycles. The van der Waals surface area contributed by atoms with Crippen LogP contribution in [0.15, 0.2) is 66.2 Å². The van der Waals surface area contributed by atoms with E-state index in [4.69, 9.17) is 23.2 Å². The van der Waals surface area contributed by atoms with Crippen LogP contribution >= 0.6 is 23.2 Å². The summed E-state index contributed by atoms with van der Waals surface area (Å²) in [5, 5.41) is 2.93. The fraction of sp³-hybridized carbons (Fsp3) is 0.0800. The van der Waals surface area contributed by atoms with Gasteiger partial charge < -0.3 is 0 Å². The summed E-state index contributed by atoms with van der Waals surface area (Å²) in [4.78, 5) is 39.1. The van der Waals surface area contributed by atoms with Crippen molar-refractivity contribution in [2.75, 3.05) is 4.90 Å². The Hall–Kier alpha value is -3.48. The molecule has 1 fully saturated rings. The van der Waals surface area contributed by atoms with E-state index in [2.05, 4.69) is 5.32 Å². The number of hydrogen-bond donors (Lipinski definition) is 1. The summed E-state index contributed by atoms with van der Waals surface area (Å²) in [5.74, 6) is -2.01. The predicted molar refractivity (Wildman–Crippen MR) is 126 cm³/mol. The predicted octanol–water partition coefficient (Wildman–Crippen LogP) is 5.70. The van der Waals surface area contributed by atoms with E-state index < -0.39 is 17.8 Å². The molecule has 166 valence electrons. The highest BCUT2D eigenvalue weighted by atomic mass is 35.5. The number of rotatable bonds is 4. The van der Waals surface area contributed by atoms with E-state index in [-0.39, 0.29) is 23.5 Å². The van der Waals surface area contributed by atoms with Gasteiger partial charge in [-0.15, -0.1) is 0 Å². The van der Waals surface area contributed by atoms with Crippen LogP contribution in [-0.2, 0) is 16.0 Å².